The lowest BCUT2D eigenvalue weighted by Gasteiger charge is -2.08. The van der Waals surface area contributed by atoms with Gasteiger partial charge in [-0.25, -0.2) is 0 Å². The quantitative estimate of drug-likeness (QED) is 0.193. The van der Waals surface area contributed by atoms with Gasteiger partial charge in [0.15, 0.2) is 0 Å². The van der Waals surface area contributed by atoms with Crippen LogP contribution in [0.15, 0.2) is 12.2 Å². The minimum Gasteiger partial charge on any atom is -0.463 e. The molecule has 0 spiro atoms. The van der Waals surface area contributed by atoms with Crippen LogP contribution >= 0.6 is 0 Å². The van der Waals surface area contributed by atoms with Gasteiger partial charge < -0.3 is 20.1 Å². The molecule has 0 radical (unpaired) electrons. The number of aliphatic hydroxyl groups excluding tert-OH is 3. The molecule has 0 heterocycles. The molecule has 3 N–H and O–H groups in total. The third kappa shape index (κ3) is 17.9. The molecule has 0 aliphatic heterocycles. The van der Waals surface area contributed by atoms with Gasteiger partial charge in [0.05, 0.1) is 12.7 Å². The molecule has 0 aromatic carbocycles. The summed E-state index contributed by atoms with van der Waals surface area (Å²) in [6.45, 7) is 1.68. The number of rotatable bonds is 18. The number of hydrogen-bond acceptors (Lipinski definition) is 5. The maximum Gasteiger partial charge on any atom is 0.305 e. The number of carbonyl (C=O) groups is 1. The second kappa shape index (κ2) is 18.9. The lowest BCUT2D eigenvalue weighted by Crippen LogP contribution is -2.21. The van der Waals surface area contributed by atoms with E-state index in [0.717, 1.165) is 44.9 Å². The summed E-state index contributed by atoms with van der Waals surface area (Å²) in [6, 6.07) is 0. The number of carbonyl (C=O) groups excluding carboxylic acids is 1. The fraction of sp³-hybridized carbons (Fsp3) is 0.857. The zero-order valence-corrected chi connectivity index (χ0v) is 16.6. The third-order valence-electron chi connectivity index (χ3n) is 4.36. The fourth-order valence-corrected chi connectivity index (χ4v) is 2.68. The third-order valence-corrected chi connectivity index (χ3v) is 4.36. The highest BCUT2D eigenvalue weighted by Gasteiger charge is 2.07. The summed E-state index contributed by atoms with van der Waals surface area (Å²) in [4.78, 5) is 11.4. The van der Waals surface area contributed by atoms with Crippen LogP contribution in [0.4, 0.5) is 0 Å². The molecule has 5 heteroatoms. The molecule has 154 valence electrons. The van der Waals surface area contributed by atoms with Crippen molar-refractivity contribution in [2.24, 2.45) is 0 Å². The molecule has 0 amide bonds. The first-order chi connectivity index (χ1) is 12.6. The Hall–Kier alpha value is -0.910. The highest BCUT2D eigenvalue weighted by molar-refractivity contribution is 5.69. The van der Waals surface area contributed by atoms with Gasteiger partial charge in [-0.15, -0.1) is 0 Å². The molecule has 5 nitrogen and oxygen atoms in total. The Labute approximate surface area is 159 Å². The molecular weight excluding hydrogens is 332 g/mol. The van der Waals surface area contributed by atoms with E-state index in [0.29, 0.717) is 6.42 Å². The topological polar surface area (TPSA) is 87.0 Å². The Morgan fingerprint density at radius 2 is 1.62 bits per heavy atom. The van der Waals surface area contributed by atoms with Crippen molar-refractivity contribution in [3.63, 3.8) is 0 Å². The Balaban J connectivity index is 3.39. The molecule has 2 atom stereocenters. The minimum absolute atomic E-state index is 0.139. The van der Waals surface area contributed by atoms with Gasteiger partial charge in [0.1, 0.15) is 12.7 Å². The van der Waals surface area contributed by atoms with E-state index in [9.17, 15) is 9.90 Å². The molecule has 0 aliphatic rings. The van der Waals surface area contributed by atoms with Crippen LogP contribution in [0.5, 0.6) is 0 Å². The van der Waals surface area contributed by atoms with Crippen molar-refractivity contribution >= 4 is 5.97 Å². The number of hydrogen-bond donors (Lipinski definition) is 3. The Bertz CT molecular complexity index is 343. The largest absolute Gasteiger partial charge is 0.463 e. The summed E-state index contributed by atoms with van der Waals surface area (Å²) < 4.78 is 4.84. The molecular formula is C21H40O5. The summed E-state index contributed by atoms with van der Waals surface area (Å²) in [5, 5.41) is 27.6. The Kier molecular flexibility index (Phi) is 18.2. The van der Waals surface area contributed by atoms with Crippen molar-refractivity contribution in [2.45, 2.75) is 103 Å². The van der Waals surface area contributed by atoms with Crippen LogP contribution in [-0.4, -0.2) is 46.7 Å². The fourth-order valence-electron chi connectivity index (χ4n) is 2.68. The van der Waals surface area contributed by atoms with Gasteiger partial charge in [-0.1, -0.05) is 70.4 Å². The van der Waals surface area contributed by atoms with Crippen molar-refractivity contribution < 1.29 is 24.9 Å². The predicted molar refractivity (Wildman–Crippen MR) is 105 cm³/mol. The van der Waals surface area contributed by atoms with E-state index < -0.39 is 12.7 Å². The van der Waals surface area contributed by atoms with E-state index in [1.165, 1.54) is 32.1 Å². The molecule has 0 fully saturated rings. The van der Waals surface area contributed by atoms with Gasteiger partial charge in [0.25, 0.3) is 0 Å². The summed E-state index contributed by atoms with van der Waals surface area (Å²) in [5.41, 5.74) is 0. The van der Waals surface area contributed by atoms with Crippen LogP contribution in [0.25, 0.3) is 0 Å². The maximum absolute atomic E-state index is 11.4. The highest BCUT2D eigenvalue weighted by Crippen LogP contribution is 2.11. The zero-order chi connectivity index (χ0) is 19.5. The van der Waals surface area contributed by atoms with Crippen molar-refractivity contribution in [1.29, 1.82) is 0 Å². The number of esters is 1. The first-order valence-electron chi connectivity index (χ1n) is 10.4. The summed E-state index contributed by atoms with van der Waals surface area (Å²) in [5.74, 6) is -0.326. The van der Waals surface area contributed by atoms with Crippen LogP contribution in [0.3, 0.4) is 0 Å². The van der Waals surface area contributed by atoms with Gasteiger partial charge >= 0.3 is 5.97 Å². The lowest BCUT2D eigenvalue weighted by atomic mass is 10.1. The van der Waals surface area contributed by atoms with Gasteiger partial charge in [0.2, 0.25) is 0 Å². The highest BCUT2D eigenvalue weighted by atomic mass is 16.5. The second-order valence-electron chi connectivity index (χ2n) is 7.02. The molecule has 0 aromatic rings. The van der Waals surface area contributed by atoms with E-state index >= 15 is 0 Å². The van der Waals surface area contributed by atoms with Crippen LogP contribution < -0.4 is 0 Å². The van der Waals surface area contributed by atoms with Crippen LogP contribution in [-0.2, 0) is 9.53 Å². The van der Waals surface area contributed by atoms with Gasteiger partial charge in [-0.2, -0.15) is 0 Å². The number of ether oxygens (including phenoxy) is 1. The first kappa shape index (κ1) is 25.1. The van der Waals surface area contributed by atoms with Gasteiger partial charge in [-0.3, -0.25) is 4.79 Å². The normalized spacial score (nSPS) is 13.8. The van der Waals surface area contributed by atoms with E-state index in [1.807, 2.05) is 6.08 Å². The molecule has 0 aromatic heterocycles. The predicted octanol–water partition coefficient (Wildman–Crippen LogP) is 3.89. The standard InChI is InChI=1S/C21H40O5/c1-2-3-4-5-6-8-11-14-19(23)15-12-9-7-10-13-16-21(25)26-18-20(24)17-22/h11,14,19-20,22-24H,2-10,12-13,15-18H2,1H3/b14-11+. The van der Waals surface area contributed by atoms with Crippen LogP contribution in [0.1, 0.15) is 90.4 Å². The molecule has 0 rings (SSSR count). The summed E-state index contributed by atoms with van der Waals surface area (Å²) in [7, 11) is 0. The molecule has 0 saturated carbocycles. The lowest BCUT2D eigenvalue weighted by molar-refractivity contribution is -0.147. The molecule has 0 bridgehead atoms. The van der Waals surface area contributed by atoms with Crippen molar-refractivity contribution in [3.05, 3.63) is 12.2 Å². The molecule has 26 heavy (non-hydrogen) atoms. The molecule has 0 aliphatic carbocycles. The van der Waals surface area contributed by atoms with Gasteiger partial charge in [-0.05, 0) is 25.7 Å². The minimum atomic E-state index is -0.986. The molecule has 0 saturated heterocycles. The molecule has 2 unspecified atom stereocenters. The number of unbranched alkanes of at least 4 members (excludes halogenated alkanes) is 9. The summed E-state index contributed by atoms with van der Waals surface area (Å²) >= 11 is 0. The van der Waals surface area contributed by atoms with E-state index in [-0.39, 0.29) is 18.7 Å². The Morgan fingerprint density at radius 3 is 2.35 bits per heavy atom. The van der Waals surface area contributed by atoms with E-state index in [1.54, 1.807) is 0 Å². The number of aliphatic hydroxyl groups is 3. The average Bonchev–Trinajstić information content (AvgIpc) is 2.64. The zero-order valence-electron chi connectivity index (χ0n) is 16.6. The monoisotopic (exact) mass is 372 g/mol. The van der Waals surface area contributed by atoms with E-state index in [4.69, 9.17) is 14.9 Å². The SMILES string of the molecule is CCCCCCC/C=C/C(O)CCCCCCCC(=O)OCC(O)CO. The summed E-state index contributed by atoms with van der Waals surface area (Å²) in [6.07, 6.45) is 16.1. The van der Waals surface area contributed by atoms with Crippen molar-refractivity contribution in [1.82, 2.24) is 0 Å². The van der Waals surface area contributed by atoms with Crippen molar-refractivity contribution in [2.75, 3.05) is 13.2 Å². The van der Waals surface area contributed by atoms with Crippen LogP contribution in [0.2, 0.25) is 0 Å². The smallest absolute Gasteiger partial charge is 0.305 e. The Morgan fingerprint density at radius 1 is 0.962 bits per heavy atom. The van der Waals surface area contributed by atoms with Crippen molar-refractivity contribution in [3.8, 4) is 0 Å². The van der Waals surface area contributed by atoms with Gasteiger partial charge in [0, 0.05) is 6.42 Å². The van der Waals surface area contributed by atoms with Crippen LogP contribution in [0, 0.1) is 0 Å². The van der Waals surface area contributed by atoms with E-state index in [2.05, 4.69) is 13.0 Å². The maximum atomic E-state index is 11.4. The first-order valence-corrected chi connectivity index (χ1v) is 10.4. The second-order valence-corrected chi connectivity index (χ2v) is 7.02. The number of allylic oxidation sites excluding steroid dienone is 1. The average molecular weight is 373 g/mol.